The van der Waals surface area contributed by atoms with Gasteiger partial charge in [0.25, 0.3) is 0 Å². The summed E-state index contributed by atoms with van der Waals surface area (Å²) in [5.41, 5.74) is 0.721. The number of nitrogens with zero attached hydrogens (tertiary/aromatic N) is 3. The van der Waals surface area contributed by atoms with Gasteiger partial charge >= 0.3 is 0 Å². The third-order valence-electron chi connectivity index (χ3n) is 2.31. The molecule has 6 nitrogen and oxygen atoms in total. The molecule has 2 rings (SSSR count). The molecule has 17 heavy (non-hydrogen) atoms. The lowest BCUT2D eigenvalue weighted by Crippen LogP contribution is -2.14. The molecule has 0 aliphatic heterocycles. The van der Waals surface area contributed by atoms with Gasteiger partial charge in [0.2, 0.25) is 0 Å². The topological polar surface area (TPSA) is 83.2 Å². The molecule has 0 saturated heterocycles. The summed E-state index contributed by atoms with van der Waals surface area (Å²) in [5, 5.41) is 25.9. The van der Waals surface area contributed by atoms with Crippen LogP contribution in [0.2, 0.25) is 0 Å². The Morgan fingerprint density at radius 2 is 2.12 bits per heavy atom. The van der Waals surface area contributed by atoms with Gasteiger partial charge in [-0.1, -0.05) is 6.07 Å². The molecule has 3 N–H and O–H groups in total. The molecule has 1 heterocycles. The molecule has 2 aromatic rings. The predicted molar refractivity (Wildman–Crippen MR) is 61.3 cm³/mol. The summed E-state index contributed by atoms with van der Waals surface area (Å²) in [6.07, 6.45) is 1.63. The van der Waals surface area contributed by atoms with Crippen LogP contribution in [0.5, 0.6) is 11.5 Å². The van der Waals surface area contributed by atoms with Crippen molar-refractivity contribution in [3.05, 3.63) is 35.9 Å². The Morgan fingerprint density at radius 3 is 2.76 bits per heavy atom. The van der Waals surface area contributed by atoms with Crippen molar-refractivity contribution in [3.63, 3.8) is 0 Å². The number of hydrogen-bond donors (Lipinski definition) is 3. The molecule has 0 aliphatic rings. The van der Waals surface area contributed by atoms with Crippen molar-refractivity contribution in [2.45, 2.75) is 13.1 Å². The summed E-state index contributed by atoms with van der Waals surface area (Å²) in [4.78, 5) is 4.07. The minimum Gasteiger partial charge on any atom is -0.508 e. The average molecular weight is 234 g/mol. The van der Waals surface area contributed by atoms with E-state index in [1.54, 1.807) is 17.1 Å². The Balaban J connectivity index is 1.90. The number of phenolic OH excluding ortho intramolecular Hbond substituents is 2. The predicted octanol–water partition coefficient (Wildman–Crippen LogP) is 0.516. The van der Waals surface area contributed by atoms with Crippen LogP contribution < -0.4 is 5.32 Å². The van der Waals surface area contributed by atoms with Gasteiger partial charge in [-0.05, 0) is 6.07 Å². The highest BCUT2D eigenvalue weighted by atomic mass is 16.3. The molecular weight excluding hydrogens is 220 g/mol. The van der Waals surface area contributed by atoms with Gasteiger partial charge in [0, 0.05) is 25.2 Å². The van der Waals surface area contributed by atoms with Gasteiger partial charge in [0.1, 0.15) is 17.8 Å². The third-order valence-corrected chi connectivity index (χ3v) is 2.31. The molecular formula is C11H14N4O2. The second kappa shape index (κ2) is 4.84. The standard InChI is InChI=1S/C11H14N4O2/c1-15-7-13-11(14-15)6-12-5-8-2-3-9(16)4-10(8)17/h2-4,7,12,16-17H,5-6H2,1H3. The fourth-order valence-corrected chi connectivity index (χ4v) is 1.48. The minimum absolute atomic E-state index is 0.0534. The van der Waals surface area contributed by atoms with E-state index in [1.807, 2.05) is 7.05 Å². The zero-order chi connectivity index (χ0) is 12.3. The molecule has 0 saturated carbocycles. The van der Waals surface area contributed by atoms with E-state index < -0.39 is 0 Å². The lowest BCUT2D eigenvalue weighted by Gasteiger charge is -2.05. The van der Waals surface area contributed by atoms with E-state index in [2.05, 4.69) is 15.4 Å². The Labute approximate surface area is 98.5 Å². The number of nitrogens with one attached hydrogen (secondary N) is 1. The molecule has 0 unspecified atom stereocenters. The highest BCUT2D eigenvalue weighted by Gasteiger charge is 2.03. The lowest BCUT2D eigenvalue weighted by atomic mass is 10.2. The summed E-state index contributed by atoms with van der Waals surface area (Å²) >= 11 is 0. The van der Waals surface area contributed by atoms with E-state index >= 15 is 0 Å². The first-order valence-corrected chi connectivity index (χ1v) is 5.21. The summed E-state index contributed by atoms with van der Waals surface area (Å²) in [7, 11) is 1.81. The maximum atomic E-state index is 9.56. The van der Waals surface area contributed by atoms with E-state index in [4.69, 9.17) is 5.11 Å². The highest BCUT2D eigenvalue weighted by molar-refractivity contribution is 5.38. The third kappa shape index (κ3) is 2.94. The molecule has 0 amide bonds. The maximum Gasteiger partial charge on any atom is 0.164 e. The first-order chi connectivity index (χ1) is 8.15. The van der Waals surface area contributed by atoms with Crippen LogP contribution in [-0.2, 0) is 20.1 Å². The van der Waals surface area contributed by atoms with Crippen molar-refractivity contribution < 1.29 is 10.2 Å². The van der Waals surface area contributed by atoms with Gasteiger partial charge in [-0.2, -0.15) is 5.10 Å². The summed E-state index contributed by atoms with van der Waals surface area (Å²) in [5.74, 6) is 0.829. The molecule has 0 aliphatic carbocycles. The van der Waals surface area contributed by atoms with Gasteiger partial charge in [-0.3, -0.25) is 4.68 Å². The van der Waals surface area contributed by atoms with E-state index in [-0.39, 0.29) is 11.5 Å². The van der Waals surface area contributed by atoms with E-state index in [9.17, 15) is 5.11 Å². The Hall–Kier alpha value is -2.08. The number of aromatic hydroxyl groups is 2. The van der Waals surface area contributed by atoms with Gasteiger partial charge < -0.3 is 15.5 Å². The van der Waals surface area contributed by atoms with Crippen LogP contribution in [-0.4, -0.2) is 25.0 Å². The maximum absolute atomic E-state index is 9.56. The average Bonchev–Trinajstić information content (AvgIpc) is 2.68. The molecule has 1 aromatic heterocycles. The smallest absolute Gasteiger partial charge is 0.164 e. The zero-order valence-electron chi connectivity index (χ0n) is 9.46. The number of phenols is 2. The highest BCUT2D eigenvalue weighted by Crippen LogP contribution is 2.22. The van der Waals surface area contributed by atoms with Gasteiger partial charge in [0.05, 0.1) is 6.54 Å². The van der Waals surface area contributed by atoms with Gasteiger partial charge in [-0.25, -0.2) is 4.98 Å². The van der Waals surface area contributed by atoms with Crippen molar-refractivity contribution in [1.29, 1.82) is 0 Å². The lowest BCUT2D eigenvalue weighted by molar-refractivity contribution is 0.443. The van der Waals surface area contributed by atoms with Crippen LogP contribution in [0.1, 0.15) is 11.4 Å². The van der Waals surface area contributed by atoms with Crippen molar-refractivity contribution >= 4 is 0 Å². The fourth-order valence-electron chi connectivity index (χ4n) is 1.48. The van der Waals surface area contributed by atoms with Crippen molar-refractivity contribution in [3.8, 4) is 11.5 Å². The van der Waals surface area contributed by atoms with Crippen LogP contribution >= 0.6 is 0 Å². The van der Waals surface area contributed by atoms with Crippen LogP contribution in [0.25, 0.3) is 0 Å². The minimum atomic E-state index is 0.0534. The molecule has 0 spiro atoms. The summed E-state index contributed by atoms with van der Waals surface area (Å²) < 4.78 is 1.63. The number of benzene rings is 1. The fraction of sp³-hybridized carbons (Fsp3) is 0.273. The quantitative estimate of drug-likeness (QED) is 0.718. The molecule has 0 fully saturated rings. The molecule has 0 atom stereocenters. The number of aromatic nitrogens is 3. The number of rotatable bonds is 4. The summed E-state index contributed by atoms with van der Waals surface area (Å²) in [6.45, 7) is 1.02. The summed E-state index contributed by atoms with van der Waals surface area (Å²) in [6, 6.07) is 4.52. The van der Waals surface area contributed by atoms with Gasteiger partial charge in [-0.15, -0.1) is 0 Å². The van der Waals surface area contributed by atoms with E-state index in [1.165, 1.54) is 12.1 Å². The van der Waals surface area contributed by atoms with Crippen molar-refractivity contribution in [1.82, 2.24) is 20.1 Å². The molecule has 0 bridgehead atoms. The van der Waals surface area contributed by atoms with Crippen molar-refractivity contribution in [2.24, 2.45) is 7.05 Å². The second-order valence-corrected chi connectivity index (χ2v) is 3.75. The zero-order valence-corrected chi connectivity index (χ0v) is 9.46. The monoisotopic (exact) mass is 234 g/mol. The Kier molecular flexibility index (Phi) is 3.24. The van der Waals surface area contributed by atoms with E-state index in [0.717, 1.165) is 5.56 Å². The largest absolute Gasteiger partial charge is 0.508 e. The number of hydrogen-bond acceptors (Lipinski definition) is 5. The first kappa shape index (κ1) is 11.4. The normalized spacial score (nSPS) is 10.6. The van der Waals surface area contributed by atoms with Crippen LogP contribution in [0.3, 0.4) is 0 Å². The van der Waals surface area contributed by atoms with Crippen LogP contribution in [0.4, 0.5) is 0 Å². The Bertz CT molecular complexity index is 510. The van der Waals surface area contributed by atoms with Crippen LogP contribution in [0, 0.1) is 0 Å². The van der Waals surface area contributed by atoms with Gasteiger partial charge in [0.15, 0.2) is 5.82 Å². The molecule has 0 radical (unpaired) electrons. The Morgan fingerprint density at radius 1 is 1.29 bits per heavy atom. The molecule has 1 aromatic carbocycles. The molecule has 6 heteroatoms. The first-order valence-electron chi connectivity index (χ1n) is 5.21. The van der Waals surface area contributed by atoms with E-state index in [0.29, 0.717) is 18.9 Å². The van der Waals surface area contributed by atoms with Crippen LogP contribution in [0.15, 0.2) is 24.5 Å². The SMILES string of the molecule is Cn1cnc(CNCc2ccc(O)cc2O)n1. The van der Waals surface area contributed by atoms with Crippen molar-refractivity contribution in [2.75, 3.05) is 0 Å². The second-order valence-electron chi connectivity index (χ2n) is 3.75. The molecule has 90 valence electrons. The number of aryl methyl sites for hydroxylation is 1.